The highest BCUT2D eigenvalue weighted by atomic mass is 127. The molecule has 0 bridgehead atoms. The fraction of sp³-hybridized carbons (Fsp3) is 0.364. The molecule has 1 heterocycles. The molecular formula is C11H15IN2. The summed E-state index contributed by atoms with van der Waals surface area (Å²) in [6, 6.07) is 1.96. The second-order valence-electron chi connectivity index (χ2n) is 3.26. The van der Waals surface area contributed by atoms with Crippen LogP contribution in [-0.4, -0.2) is 9.78 Å². The SMILES string of the molecule is CCC1=CCCC(n2cccn2)=C1.I. The summed E-state index contributed by atoms with van der Waals surface area (Å²) in [7, 11) is 0. The topological polar surface area (TPSA) is 17.8 Å². The first-order chi connectivity index (χ1) is 6.40. The van der Waals surface area contributed by atoms with E-state index in [1.54, 1.807) is 0 Å². The summed E-state index contributed by atoms with van der Waals surface area (Å²) in [6.07, 6.45) is 11.8. The van der Waals surface area contributed by atoms with E-state index < -0.39 is 0 Å². The molecule has 0 spiro atoms. The third-order valence-electron chi connectivity index (χ3n) is 2.37. The van der Waals surface area contributed by atoms with Gasteiger partial charge in [-0.3, -0.25) is 0 Å². The highest BCUT2D eigenvalue weighted by Gasteiger charge is 2.05. The molecule has 0 N–H and O–H groups in total. The van der Waals surface area contributed by atoms with Gasteiger partial charge in [0.25, 0.3) is 0 Å². The molecule has 0 saturated carbocycles. The number of hydrogen-bond acceptors (Lipinski definition) is 1. The van der Waals surface area contributed by atoms with Gasteiger partial charge >= 0.3 is 0 Å². The van der Waals surface area contributed by atoms with Crippen LogP contribution in [0.15, 0.2) is 36.2 Å². The molecule has 0 radical (unpaired) electrons. The van der Waals surface area contributed by atoms with Gasteiger partial charge in [0.15, 0.2) is 0 Å². The number of allylic oxidation sites excluding steroid dienone is 4. The third-order valence-corrected chi connectivity index (χ3v) is 2.37. The number of rotatable bonds is 2. The van der Waals surface area contributed by atoms with Crippen LogP contribution in [0.25, 0.3) is 5.70 Å². The quantitative estimate of drug-likeness (QED) is 0.765. The van der Waals surface area contributed by atoms with Crippen molar-refractivity contribution in [2.75, 3.05) is 0 Å². The van der Waals surface area contributed by atoms with Crippen molar-refractivity contribution in [1.82, 2.24) is 9.78 Å². The second-order valence-corrected chi connectivity index (χ2v) is 3.26. The largest absolute Gasteiger partial charge is 0.245 e. The molecule has 76 valence electrons. The fourth-order valence-electron chi connectivity index (χ4n) is 1.62. The van der Waals surface area contributed by atoms with Crippen molar-refractivity contribution in [3.8, 4) is 0 Å². The van der Waals surface area contributed by atoms with Gasteiger partial charge in [0.2, 0.25) is 0 Å². The van der Waals surface area contributed by atoms with E-state index >= 15 is 0 Å². The van der Waals surface area contributed by atoms with Crippen LogP contribution in [0.2, 0.25) is 0 Å². The van der Waals surface area contributed by atoms with Crippen molar-refractivity contribution in [3.63, 3.8) is 0 Å². The number of halogens is 1. The molecule has 0 atom stereocenters. The Kier molecular flexibility index (Phi) is 4.38. The summed E-state index contributed by atoms with van der Waals surface area (Å²) >= 11 is 0. The molecule has 0 saturated heterocycles. The van der Waals surface area contributed by atoms with E-state index in [9.17, 15) is 0 Å². The molecule has 1 aromatic heterocycles. The third kappa shape index (κ3) is 2.47. The lowest BCUT2D eigenvalue weighted by atomic mass is 10.0. The van der Waals surface area contributed by atoms with E-state index in [0.717, 1.165) is 19.3 Å². The predicted molar refractivity (Wildman–Crippen MR) is 69.5 cm³/mol. The minimum atomic E-state index is 0. The zero-order chi connectivity index (χ0) is 9.10. The molecular weight excluding hydrogens is 287 g/mol. The molecule has 1 aliphatic carbocycles. The van der Waals surface area contributed by atoms with Gasteiger partial charge in [0, 0.05) is 18.1 Å². The molecule has 14 heavy (non-hydrogen) atoms. The summed E-state index contributed by atoms with van der Waals surface area (Å²) in [4.78, 5) is 0. The van der Waals surface area contributed by atoms with Crippen molar-refractivity contribution < 1.29 is 0 Å². The molecule has 0 unspecified atom stereocenters. The molecule has 3 heteroatoms. The normalized spacial score (nSPS) is 15.5. The van der Waals surface area contributed by atoms with Gasteiger partial charge in [-0.1, -0.05) is 18.6 Å². The van der Waals surface area contributed by atoms with Gasteiger partial charge in [0.05, 0.1) is 0 Å². The van der Waals surface area contributed by atoms with E-state index in [4.69, 9.17) is 0 Å². The summed E-state index contributed by atoms with van der Waals surface area (Å²) in [5.41, 5.74) is 2.74. The first-order valence-electron chi connectivity index (χ1n) is 4.80. The van der Waals surface area contributed by atoms with Gasteiger partial charge in [-0.2, -0.15) is 5.10 Å². The van der Waals surface area contributed by atoms with E-state index in [0.29, 0.717) is 0 Å². The van der Waals surface area contributed by atoms with Gasteiger partial charge in [-0.05, 0) is 31.4 Å². The minimum Gasteiger partial charge on any atom is -0.245 e. The van der Waals surface area contributed by atoms with Crippen molar-refractivity contribution in [3.05, 3.63) is 36.2 Å². The molecule has 0 aromatic carbocycles. The van der Waals surface area contributed by atoms with Gasteiger partial charge in [-0.15, -0.1) is 24.0 Å². The van der Waals surface area contributed by atoms with Crippen LogP contribution in [0.3, 0.4) is 0 Å². The average Bonchev–Trinajstić information content (AvgIpc) is 2.71. The van der Waals surface area contributed by atoms with Gasteiger partial charge in [-0.25, -0.2) is 4.68 Å². The fourth-order valence-corrected chi connectivity index (χ4v) is 1.62. The zero-order valence-corrected chi connectivity index (χ0v) is 10.6. The molecule has 1 aliphatic rings. The van der Waals surface area contributed by atoms with Crippen molar-refractivity contribution in [2.24, 2.45) is 0 Å². The Bertz CT molecular complexity index is 336. The molecule has 1 aromatic rings. The number of hydrogen-bond donors (Lipinski definition) is 0. The number of nitrogens with zero attached hydrogens (tertiary/aromatic N) is 2. The molecule has 0 aliphatic heterocycles. The molecule has 2 rings (SSSR count). The number of aromatic nitrogens is 2. The maximum atomic E-state index is 4.23. The van der Waals surface area contributed by atoms with Crippen molar-refractivity contribution in [2.45, 2.75) is 26.2 Å². The van der Waals surface area contributed by atoms with E-state index in [-0.39, 0.29) is 24.0 Å². The van der Waals surface area contributed by atoms with Crippen LogP contribution in [-0.2, 0) is 0 Å². The zero-order valence-electron chi connectivity index (χ0n) is 8.31. The first kappa shape index (κ1) is 11.5. The Balaban J connectivity index is 0.000000980. The Labute approximate surface area is 102 Å². The molecule has 0 amide bonds. The second kappa shape index (κ2) is 5.34. The van der Waals surface area contributed by atoms with Crippen LogP contribution in [0.1, 0.15) is 26.2 Å². The summed E-state index contributed by atoms with van der Waals surface area (Å²) in [5.74, 6) is 0. The van der Waals surface area contributed by atoms with Crippen LogP contribution in [0.5, 0.6) is 0 Å². The Morgan fingerprint density at radius 1 is 1.50 bits per heavy atom. The van der Waals surface area contributed by atoms with Crippen molar-refractivity contribution >= 4 is 29.7 Å². The lowest BCUT2D eigenvalue weighted by molar-refractivity contribution is 0.829. The standard InChI is InChI=1S/C11H14N2.HI/c1-2-10-5-3-6-11(9-10)13-8-4-7-12-13;/h4-5,7-9H,2-3,6H2,1H3;1H. The van der Waals surface area contributed by atoms with E-state index in [1.807, 2.05) is 23.1 Å². The molecule has 0 fully saturated rings. The van der Waals surface area contributed by atoms with Gasteiger partial charge in [0.1, 0.15) is 0 Å². The first-order valence-corrected chi connectivity index (χ1v) is 4.80. The Morgan fingerprint density at radius 2 is 2.36 bits per heavy atom. The lowest BCUT2D eigenvalue weighted by Gasteiger charge is -2.12. The van der Waals surface area contributed by atoms with Gasteiger partial charge < -0.3 is 0 Å². The summed E-state index contributed by atoms with van der Waals surface area (Å²) in [6.45, 7) is 2.19. The monoisotopic (exact) mass is 302 g/mol. The minimum absolute atomic E-state index is 0. The van der Waals surface area contributed by atoms with E-state index in [1.165, 1.54) is 11.3 Å². The maximum Gasteiger partial charge on any atom is 0.0493 e. The van der Waals surface area contributed by atoms with Crippen molar-refractivity contribution in [1.29, 1.82) is 0 Å². The van der Waals surface area contributed by atoms with Crippen LogP contribution < -0.4 is 0 Å². The average molecular weight is 302 g/mol. The Morgan fingerprint density at radius 3 is 3.00 bits per heavy atom. The maximum absolute atomic E-state index is 4.23. The molecule has 2 nitrogen and oxygen atoms in total. The Hall–Kier alpha value is -0.580. The smallest absolute Gasteiger partial charge is 0.0493 e. The summed E-state index contributed by atoms with van der Waals surface area (Å²) in [5, 5.41) is 4.23. The highest BCUT2D eigenvalue weighted by Crippen LogP contribution is 2.21. The summed E-state index contributed by atoms with van der Waals surface area (Å²) < 4.78 is 1.96. The van der Waals surface area contributed by atoms with Crippen LogP contribution in [0.4, 0.5) is 0 Å². The predicted octanol–water partition coefficient (Wildman–Crippen LogP) is 3.47. The van der Waals surface area contributed by atoms with Crippen LogP contribution in [0, 0.1) is 0 Å². The highest BCUT2D eigenvalue weighted by molar-refractivity contribution is 14.0. The lowest BCUT2D eigenvalue weighted by Crippen LogP contribution is -2.01. The van der Waals surface area contributed by atoms with Crippen LogP contribution >= 0.6 is 24.0 Å². The van der Waals surface area contributed by atoms with E-state index in [2.05, 4.69) is 24.2 Å².